The fourth-order valence-electron chi connectivity index (χ4n) is 1.64. The monoisotopic (exact) mass is 244 g/mol. The van der Waals surface area contributed by atoms with Crippen LogP contribution in [0.1, 0.15) is 40.5 Å². The van der Waals surface area contributed by atoms with E-state index in [0.29, 0.717) is 13.1 Å². The van der Waals surface area contributed by atoms with E-state index in [0.717, 1.165) is 12.8 Å². The standard InChI is InChI=1S/C12H24N2O3/c1-5-7-13(8-6-2)12(17)14(10(3)4)9-11(15)16/h10H,5-9H2,1-4H3,(H,15,16). The van der Waals surface area contributed by atoms with Crippen LogP contribution >= 0.6 is 0 Å². The van der Waals surface area contributed by atoms with E-state index in [-0.39, 0.29) is 18.6 Å². The predicted octanol–water partition coefficient (Wildman–Crippen LogP) is 2.02. The van der Waals surface area contributed by atoms with Crippen LogP contribution in [0.2, 0.25) is 0 Å². The molecular weight excluding hydrogens is 220 g/mol. The molecule has 0 aliphatic heterocycles. The first-order valence-corrected chi connectivity index (χ1v) is 6.21. The molecule has 0 radical (unpaired) electrons. The molecule has 100 valence electrons. The number of urea groups is 1. The van der Waals surface area contributed by atoms with E-state index in [2.05, 4.69) is 0 Å². The smallest absolute Gasteiger partial charge is 0.323 e. The normalized spacial score (nSPS) is 10.4. The summed E-state index contributed by atoms with van der Waals surface area (Å²) in [6, 6.07) is -0.277. The Bertz CT molecular complexity index is 248. The molecule has 0 aromatic rings. The topological polar surface area (TPSA) is 60.9 Å². The van der Waals surface area contributed by atoms with Crippen molar-refractivity contribution in [2.24, 2.45) is 0 Å². The Hall–Kier alpha value is -1.26. The van der Waals surface area contributed by atoms with Gasteiger partial charge in [-0.1, -0.05) is 13.8 Å². The Morgan fingerprint density at radius 3 is 1.88 bits per heavy atom. The molecular formula is C12H24N2O3. The average Bonchev–Trinajstić information content (AvgIpc) is 2.24. The van der Waals surface area contributed by atoms with E-state index in [9.17, 15) is 9.59 Å². The Morgan fingerprint density at radius 1 is 1.12 bits per heavy atom. The third-order valence-corrected chi connectivity index (χ3v) is 2.43. The van der Waals surface area contributed by atoms with Gasteiger partial charge in [0.05, 0.1) is 0 Å². The van der Waals surface area contributed by atoms with Crippen molar-refractivity contribution in [2.45, 2.75) is 46.6 Å². The van der Waals surface area contributed by atoms with Crippen molar-refractivity contribution in [3.63, 3.8) is 0 Å². The molecule has 5 heteroatoms. The summed E-state index contributed by atoms with van der Waals surface area (Å²) in [5.74, 6) is -0.972. The molecule has 0 aromatic heterocycles. The van der Waals surface area contributed by atoms with Gasteiger partial charge in [-0.2, -0.15) is 0 Å². The van der Waals surface area contributed by atoms with Gasteiger partial charge in [0.15, 0.2) is 0 Å². The summed E-state index contributed by atoms with van der Waals surface area (Å²) in [6.45, 7) is 8.79. The van der Waals surface area contributed by atoms with Crippen molar-refractivity contribution in [1.82, 2.24) is 9.80 Å². The summed E-state index contributed by atoms with van der Waals surface area (Å²) in [5, 5.41) is 8.81. The maximum atomic E-state index is 12.2. The third kappa shape index (κ3) is 5.56. The van der Waals surface area contributed by atoms with Gasteiger partial charge in [0, 0.05) is 19.1 Å². The number of nitrogens with zero attached hydrogens (tertiary/aromatic N) is 2. The molecule has 1 N–H and O–H groups in total. The van der Waals surface area contributed by atoms with Gasteiger partial charge < -0.3 is 14.9 Å². The first kappa shape index (κ1) is 15.7. The molecule has 0 fully saturated rings. The molecule has 0 spiro atoms. The van der Waals surface area contributed by atoms with Crippen LogP contribution in [0.4, 0.5) is 4.79 Å². The van der Waals surface area contributed by atoms with Gasteiger partial charge in [0.25, 0.3) is 0 Å². The number of hydrogen-bond acceptors (Lipinski definition) is 2. The van der Waals surface area contributed by atoms with E-state index in [4.69, 9.17) is 5.11 Å². The molecule has 0 saturated carbocycles. The predicted molar refractivity (Wildman–Crippen MR) is 67.0 cm³/mol. The van der Waals surface area contributed by atoms with Crippen molar-refractivity contribution in [3.8, 4) is 0 Å². The molecule has 0 heterocycles. The van der Waals surface area contributed by atoms with Gasteiger partial charge in [-0.25, -0.2) is 4.79 Å². The first-order valence-electron chi connectivity index (χ1n) is 6.21. The summed E-state index contributed by atoms with van der Waals surface area (Å²) in [5.41, 5.74) is 0. The molecule has 0 aromatic carbocycles. The molecule has 17 heavy (non-hydrogen) atoms. The highest BCUT2D eigenvalue weighted by atomic mass is 16.4. The molecule has 0 rings (SSSR count). The van der Waals surface area contributed by atoms with E-state index in [1.54, 1.807) is 4.90 Å². The van der Waals surface area contributed by atoms with Gasteiger partial charge in [-0.05, 0) is 26.7 Å². The minimum atomic E-state index is -0.972. The number of hydrogen-bond donors (Lipinski definition) is 1. The highest BCUT2D eigenvalue weighted by Gasteiger charge is 2.24. The number of carbonyl (C=O) groups is 2. The van der Waals surface area contributed by atoms with Crippen molar-refractivity contribution in [1.29, 1.82) is 0 Å². The SMILES string of the molecule is CCCN(CCC)C(=O)N(CC(=O)O)C(C)C. The van der Waals surface area contributed by atoms with E-state index in [1.807, 2.05) is 27.7 Å². The number of aliphatic carboxylic acids is 1. The molecule has 0 atom stereocenters. The van der Waals surface area contributed by atoms with Crippen molar-refractivity contribution in [3.05, 3.63) is 0 Å². The molecule has 0 aliphatic carbocycles. The van der Waals surface area contributed by atoms with Crippen LogP contribution < -0.4 is 0 Å². The number of rotatable bonds is 7. The second kappa shape index (κ2) is 7.92. The summed E-state index contributed by atoms with van der Waals surface area (Å²) in [4.78, 5) is 26.1. The number of carboxylic acids is 1. The van der Waals surface area contributed by atoms with Gasteiger partial charge in [0.1, 0.15) is 6.54 Å². The van der Waals surface area contributed by atoms with Gasteiger partial charge in [-0.15, -0.1) is 0 Å². The van der Waals surface area contributed by atoms with Crippen LogP contribution in [-0.4, -0.2) is 52.6 Å². The van der Waals surface area contributed by atoms with Crippen molar-refractivity contribution >= 4 is 12.0 Å². The number of carbonyl (C=O) groups excluding carboxylic acids is 1. The Kier molecular flexibility index (Phi) is 7.34. The third-order valence-electron chi connectivity index (χ3n) is 2.43. The quantitative estimate of drug-likeness (QED) is 0.745. The van der Waals surface area contributed by atoms with E-state index in [1.165, 1.54) is 4.90 Å². The van der Waals surface area contributed by atoms with Crippen LogP contribution in [0.5, 0.6) is 0 Å². The van der Waals surface area contributed by atoms with Crippen molar-refractivity contribution < 1.29 is 14.7 Å². The molecule has 0 unspecified atom stereocenters. The lowest BCUT2D eigenvalue weighted by Gasteiger charge is -2.32. The van der Waals surface area contributed by atoms with Crippen LogP contribution in [0.15, 0.2) is 0 Å². The van der Waals surface area contributed by atoms with E-state index < -0.39 is 5.97 Å². The minimum Gasteiger partial charge on any atom is -0.480 e. The number of amides is 2. The molecule has 0 saturated heterocycles. The maximum absolute atomic E-state index is 12.2. The fraction of sp³-hybridized carbons (Fsp3) is 0.833. The van der Waals surface area contributed by atoms with Crippen LogP contribution in [0, 0.1) is 0 Å². The minimum absolute atomic E-state index is 0.102. The lowest BCUT2D eigenvalue weighted by atomic mass is 10.3. The highest BCUT2D eigenvalue weighted by Crippen LogP contribution is 2.06. The van der Waals surface area contributed by atoms with Crippen LogP contribution in [-0.2, 0) is 4.79 Å². The van der Waals surface area contributed by atoms with Crippen LogP contribution in [0.3, 0.4) is 0 Å². The highest BCUT2D eigenvalue weighted by molar-refractivity contribution is 5.80. The van der Waals surface area contributed by atoms with Crippen molar-refractivity contribution in [2.75, 3.05) is 19.6 Å². The zero-order valence-electron chi connectivity index (χ0n) is 11.3. The zero-order valence-corrected chi connectivity index (χ0v) is 11.3. The summed E-state index contributed by atoms with van der Waals surface area (Å²) >= 11 is 0. The van der Waals surface area contributed by atoms with Crippen LogP contribution in [0.25, 0.3) is 0 Å². The molecule has 5 nitrogen and oxygen atoms in total. The molecule has 0 aliphatic rings. The van der Waals surface area contributed by atoms with Gasteiger partial charge in [0.2, 0.25) is 0 Å². The second-order valence-electron chi connectivity index (χ2n) is 4.39. The van der Waals surface area contributed by atoms with Gasteiger partial charge in [-0.3, -0.25) is 4.79 Å². The lowest BCUT2D eigenvalue weighted by molar-refractivity contribution is -0.138. The lowest BCUT2D eigenvalue weighted by Crippen LogP contribution is -2.49. The molecule has 0 bridgehead atoms. The largest absolute Gasteiger partial charge is 0.480 e. The Labute approximate surface area is 103 Å². The maximum Gasteiger partial charge on any atom is 0.323 e. The summed E-state index contributed by atoms with van der Waals surface area (Å²) < 4.78 is 0. The zero-order chi connectivity index (χ0) is 13.4. The Balaban J connectivity index is 4.70. The summed E-state index contributed by atoms with van der Waals surface area (Å²) in [6.07, 6.45) is 1.76. The Morgan fingerprint density at radius 2 is 1.59 bits per heavy atom. The van der Waals surface area contributed by atoms with E-state index >= 15 is 0 Å². The summed E-state index contributed by atoms with van der Waals surface area (Å²) in [7, 11) is 0. The molecule has 2 amide bonds. The number of carboxylic acid groups (broad SMARTS) is 1. The average molecular weight is 244 g/mol. The van der Waals surface area contributed by atoms with Gasteiger partial charge >= 0.3 is 12.0 Å². The fourth-order valence-corrected chi connectivity index (χ4v) is 1.64. The first-order chi connectivity index (χ1) is 7.93. The second-order valence-corrected chi connectivity index (χ2v) is 4.39.